The van der Waals surface area contributed by atoms with Crippen molar-refractivity contribution in [3.05, 3.63) is 0 Å². The number of thioether (sulfide) groups is 1. The Morgan fingerprint density at radius 2 is 2.04 bits per heavy atom. The van der Waals surface area contributed by atoms with Gasteiger partial charge in [-0.15, -0.1) is 0 Å². The molecule has 11 heteroatoms. The zero-order valence-corrected chi connectivity index (χ0v) is 15.9. The summed E-state index contributed by atoms with van der Waals surface area (Å²) in [6.45, 7) is 1.16. The summed E-state index contributed by atoms with van der Waals surface area (Å²) in [4.78, 5) is 4.15. The van der Waals surface area contributed by atoms with Gasteiger partial charge >= 0.3 is 0 Å². The van der Waals surface area contributed by atoms with E-state index < -0.39 is 24.5 Å². The molecule has 0 bridgehead atoms. The Bertz CT molecular complexity index is 466. The van der Waals surface area contributed by atoms with Crippen molar-refractivity contribution in [2.45, 2.75) is 55.4 Å². The Morgan fingerprint density at radius 3 is 2.77 bits per heavy atom. The van der Waals surface area contributed by atoms with Gasteiger partial charge in [-0.05, 0) is 19.2 Å². The fourth-order valence-electron chi connectivity index (χ4n) is 3.83. The molecule has 3 heterocycles. The highest BCUT2D eigenvalue weighted by molar-refractivity contribution is 7.99. The second-order valence-electron chi connectivity index (χ2n) is 7.31. The minimum Gasteiger partial charge on any atom is -0.395 e. The first-order valence-electron chi connectivity index (χ1n) is 9.08. The predicted molar refractivity (Wildman–Crippen MR) is 98.8 cm³/mol. The van der Waals surface area contributed by atoms with Crippen LogP contribution in [-0.4, -0.2) is 113 Å². The average Bonchev–Trinajstić information content (AvgIpc) is 3.19. The summed E-state index contributed by atoms with van der Waals surface area (Å²) in [5, 5.41) is 36.5. The van der Waals surface area contributed by atoms with Gasteiger partial charge in [-0.3, -0.25) is 15.5 Å². The Balaban J connectivity index is 1.56. The van der Waals surface area contributed by atoms with Crippen LogP contribution in [0.4, 0.5) is 0 Å². The van der Waals surface area contributed by atoms with E-state index in [2.05, 4.69) is 15.5 Å². The second-order valence-corrected chi connectivity index (χ2v) is 8.46. The molecule has 3 aliphatic rings. The molecule has 0 aromatic heterocycles. The van der Waals surface area contributed by atoms with Crippen molar-refractivity contribution >= 4 is 11.8 Å². The molecule has 0 spiro atoms. The fourth-order valence-corrected chi connectivity index (χ4v) is 4.98. The van der Waals surface area contributed by atoms with Crippen molar-refractivity contribution in [1.82, 2.24) is 20.4 Å². The van der Waals surface area contributed by atoms with Gasteiger partial charge in [0.15, 0.2) is 0 Å². The van der Waals surface area contributed by atoms with Crippen molar-refractivity contribution in [3.63, 3.8) is 0 Å². The summed E-state index contributed by atoms with van der Waals surface area (Å²) in [5.74, 6) is 1.34. The van der Waals surface area contributed by atoms with Gasteiger partial charge in [-0.25, -0.2) is 4.90 Å². The number of nitrogens with two attached hydrogens (primary N) is 2. The maximum absolute atomic E-state index is 10.5. The molecule has 3 saturated heterocycles. The minimum atomic E-state index is -0.972. The van der Waals surface area contributed by atoms with Gasteiger partial charge in [-0.2, -0.15) is 11.8 Å². The van der Waals surface area contributed by atoms with Crippen LogP contribution in [-0.2, 0) is 4.74 Å². The van der Waals surface area contributed by atoms with E-state index in [9.17, 15) is 10.2 Å². The van der Waals surface area contributed by atoms with Gasteiger partial charge in [-0.1, -0.05) is 0 Å². The zero-order chi connectivity index (χ0) is 18.8. The molecule has 0 saturated carbocycles. The number of hydrogen-bond donors (Lipinski definition) is 7. The Kier molecular flexibility index (Phi) is 7.13. The number of nitrogens with zero attached hydrogens (tertiary/aromatic N) is 2. The number of ether oxygens (including phenoxy) is 1. The molecular weight excluding hydrogens is 360 g/mol. The third kappa shape index (κ3) is 4.18. The lowest BCUT2D eigenvalue weighted by atomic mass is 10.1. The number of nitrogens with one attached hydrogen (secondary N) is 2. The lowest BCUT2D eigenvalue weighted by Crippen LogP contribution is -2.68. The van der Waals surface area contributed by atoms with Crippen molar-refractivity contribution in [3.8, 4) is 0 Å². The highest BCUT2D eigenvalue weighted by Crippen LogP contribution is 2.31. The van der Waals surface area contributed by atoms with E-state index in [1.165, 1.54) is 0 Å². The van der Waals surface area contributed by atoms with E-state index in [1.807, 2.05) is 11.9 Å². The molecule has 0 radical (unpaired) electrons. The molecule has 3 aliphatic heterocycles. The predicted octanol–water partition coefficient (Wildman–Crippen LogP) is -3.79. The van der Waals surface area contributed by atoms with Crippen LogP contribution in [0.15, 0.2) is 0 Å². The minimum absolute atomic E-state index is 0.00736. The van der Waals surface area contributed by atoms with Crippen molar-refractivity contribution < 1.29 is 20.1 Å². The van der Waals surface area contributed by atoms with Crippen LogP contribution in [0.1, 0.15) is 6.42 Å². The third-order valence-electron chi connectivity index (χ3n) is 5.40. The molecule has 0 amide bonds. The van der Waals surface area contributed by atoms with Crippen molar-refractivity contribution in [2.75, 3.05) is 38.5 Å². The smallest absolute Gasteiger partial charge is 0.142 e. The van der Waals surface area contributed by atoms with Gasteiger partial charge in [0.25, 0.3) is 0 Å². The zero-order valence-electron chi connectivity index (χ0n) is 15.1. The quantitative estimate of drug-likeness (QED) is 0.214. The van der Waals surface area contributed by atoms with Gasteiger partial charge < -0.3 is 31.5 Å². The number of aliphatic hydroxyl groups is 3. The third-order valence-corrected chi connectivity index (χ3v) is 6.49. The molecule has 0 aromatic rings. The normalized spacial score (nSPS) is 42.9. The first-order chi connectivity index (χ1) is 12.4. The van der Waals surface area contributed by atoms with Gasteiger partial charge in [0.1, 0.15) is 18.4 Å². The molecule has 0 aromatic carbocycles. The molecule has 4 unspecified atom stereocenters. The van der Waals surface area contributed by atoms with Gasteiger partial charge in [0.2, 0.25) is 0 Å². The first kappa shape index (κ1) is 20.7. The Labute approximate surface area is 158 Å². The molecule has 9 N–H and O–H groups in total. The molecular formula is C15H32N6O4S. The summed E-state index contributed by atoms with van der Waals surface area (Å²) in [5.41, 5.74) is 11.8. The summed E-state index contributed by atoms with van der Waals surface area (Å²) < 4.78 is 6.03. The summed E-state index contributed by atoms with van der Waals surface area (Å²) in [7, 11) is 1.99. The standard InChI is InChI=1S/C15H32N6O4S/c1-20-6-19-13(17)10-14(20)21(7-18-10)15-12(24)11(23)9(25-15)5-26-3-2-8(16)4-22/h8-15,18-19,22-24H,2-7,16-17H2,1H3/t8?,9-,10?,11-,12-,13?,14?,15-/m1/s1. The van der Waals surface area contributed by atoms with Crippen LogP contribution < -0.4 is 22.1 Å². The van der Waals surface area contributed by atoms with E-state index in [-0.39, 0.29) is 31.0 Å². The van der Waals surface area contributed by atoms with E-state index in [4.69, 9.17) is 21.3 Å². The highest BCUT2D eigenvalue weighted by Gasteiger charge is 2.52. The number of aliphatic hydroxyl groups excluding tert-OH is 3. The van der Waals surface area contributed by atoms with Gasteiger partial charge in [0.05, 0.1) is 44.4 Å². The van der Waals surface area contributed by atoms with Crippen molar-refractivity contribution in [2.24, 2.45) is 11.5 Å². The van der Waals surface area contributed by atoms with Crippen molar-refractivity contribution in [1.29, 1.82) is 0 Å². The molecule has 26 heavy (non-hydrogen) atoms. The lowest BCUT2D eigenvalue weighted by Gasteiger charge is -2.43. The monoisotopic (exact) mass is 392 g/mol. The summed E-state index contributed by atoms with van der Waals surface area (Å²) in [6, 6.07) is -0.197. The Hall–Kier alpha value is -0.0500. The molecule has 10 nitrogen and oxygen atoms in total. The SMILES string of the molecule is CN1CNC(N)C2NCN([C@@H]3O[C@H](CSCCC(N)CO)[C@@H](O)[C@H]3O)C21. The maximum atomic E-state index is 10.5. The van der Waals surface area contributed by atoms with Crippen LogP contribution in [0.2, 0.25) is 0 Å². The molecule has 3 rings (SSSR count). The molecule has 0 aliphatic carbocycles. The molecule has 152 valence electrons. The van der Waals surface area contributed by atoms with Gasteiger partial charge in [0, 0.05) is 11.8 Å². The first-order valence-corrected chi connectivity index (χ1v) is 10.2. The second kappa shape index (κ2) is 8.97. The average molecular weight is 393 g/mol. The molecule has 3 fully saturated rings. The van der Waals surface area contributed by atoms with Crippen LogP contribution in [0.25, 0.3) is 0 Å². The van der Waals surface area contributed by atoms with Crippen LogP contribution >= 0.6 is 11.8 Å². The van der Waals surface area contributed by atoms with Crippen LogP contribution in [0, 0.1) is 0 Å². The largest absolute Gasteiger partial charge is 0.395 e. The number of fused-ring (bicyclic) bond motifs is 1. The number of rotatable bonds is 7. The van der Waals surface area contributed by atoms with E-state index in [0.717, 1.165) is 5.75 Å². The maximum Gasteiger partial charge on any atom is 0.142 e. The summed E-state index contributed by atoms with van der Waals surface area (Å²) in [6.07, 6.45) is -2.40. The van der Waals surface area contributed by atoms with E-state index in [0.29, 0.717) is 25.5 Å². The van der Waals surface area contributed by atoms with Crippen LogP contribution in [0.5, 0.6) is 0 Å². The number of likely N-dealkylation sites (N-methyl/N-ethyl adjacent to an activating group) is 1. The Morgan fingerprint density at radius 1 is 1.27 bits per heavy atom. The summed E-state index contributed by atoms with van der Waals surface area (Å²) >= 11 is 1.61. The fraction of sp³-hybridized carbons (Fsp3) is 1.00. The number of hydrogen-bond acceptors (Lipinski definition) is 11. The molecule has 8 atom stereocenters. The van der Waals surface area contributed by atoms with Crippen LogP contribution in [0.3, 0.4) is 0 Å². The van der Waals surface area contributed by atoms with E-state index >= 15 is 0 Å². The topological polar surface area (TPSA) is 152 Å². The lowest BCUT2D eigenvalue weighted by molar-refractivity contribution is -0.122. The van der Waals surface area contributed by atoms with E-state index in [1.54, 1.807) is 11.8 Å². The highest BCUT2D eigenvalue weighted by atomic mass is 32.2.